The minimum Gasteiger partial charge on any atom is -0.349 e. The number of Topliss-reactive ketones (excluding diaryl/α,β-unsaturated/α-hetero) is 1. The summed E-state index contributed by atoms with van der Waals surface area (Å²) in [5, 5.41) is 4.20. The van der Waals surface area contributed by atoms with Gasteiger partial charge in [0, 0.05) is 0 Å². The van der Waals surface area contributed by atoms with Gasteiger partial charge in [0.1, 0.15) is 5.78 Å². The van der Waals surface area contributed by atoms with Crippen molar-refractivity contribution < 1.29 is 9.59 Å². The van der Waals surface area contributed by atoms with Gasteiger partial charge < -0.3 is 10.1 Å². The Morgan fingerprint density at radius 1 is 0.865 bits per heavy atom. The molecule has 3 nitrogen and oxygen atoms in total. The van der Waals surface area contributed by atoms with Crippen LogP contribution in [-0.4, -0.2) is 11.7 Å². The van der Waals surface area contributed by atoms with Gasteiger partial charge in [-0.3, -0.25) is 4.79 Å². The second kappa shape index (κ2) is 19.3. The molecule has 2 atom stereocenters. The zero-order chi connectivity index (χ0) is 28.4. The molecule has 0 aliphatic rings. The fraction of sp³-hybridized carbons (Fsp3) is 0.562. The summed E-state index contributed by atoms with van der Waals surface area (Å²) < 4.78 is 0. The van der Waals surface area contributed by atoms with Crippen molar-refractivity contribution in [2.24, 2.45) is 5.92 Å². The highest BCUT2D eigenvalue weighted by Crippen LogP contribution is 2.34. The number of amides is 1. The van der Waals surface area contributed by atoms with E-state index in [9.17, 15) is 9.59 Å². The van der Waals surface area contributed by atoms with Crippen LogP contribution in [0.1, 0.15) is 118 Å². The number of rotatable bonds is 11. The largest absolute Gasteiger partial charge is 0.349 e. The van der Waals surface area contributed by atoms with Crippen LogP contribution in [0.4, 0.5) is 0 Å². The lowest BCUT2D eigenvalue weighted by Crippen LogP contribution is -2.43. The Bertz CT molecular complexity index is 906. The van der Waals surface area contributed by atoms with E-state index in [0.717, 1.165) is 36.3 Å². The van der Waals surface area contributed by atoms with Crippen LogP contribution in [0.2, 0.25) is 10.0 Å². The highest BCUT2D eigenvalue weighted by atomic mass is 35.5. The second-order valence-electron chi connectivity index (χ2n) is 10.1. The molecule has 2 aromatic carbocycles. The lowest BCUT2D eigenvalue weighted by atomic mass is 9.77. The summed E-state index contributed by atoms with van der Waals surface area (Å²) in [5.74, 6) is 1.15. The first-order valence-corrected chi connectivity index (χ1v) is 14.5. The van der Waals surface area contributed by atoms with Crippen molar-refractivity contribution in [2.75, 3.05) is 0 Å². The first-order valence-electron chi connectivity index (χ1n) is 13.7. The van der Waals surface area contributed by atoms with E-state index in [-0.39, 0.29) is 17.7 Å². The number of carbonyl (C=O) groups excluding carboxylic acids is 2. The van der Waals surface area contributed by atoms with Crippen molar-refractivity contribution in [3.8, 4) is 0 Å². The summed E-state index contributed by atoms with van der Waals surface area (Å²) in [6.07, 6.45) is 7.98. The zero-order valence-corrected chi connectivity index (χ0v) is 25.8. The summed E-state index contributed by atoms with van der Waals surface area (Å²) in [6.45, 7) is 16.0. The standard InChI is InChI=1S/C21H25Cl2NO.C8H18.C3H6O/c1-4-13-21(3,16-11-12-17(22)18(23)14-16)20(25)24-19(5-2)15-9-7-6-8-10-15;1-4-6-8(3)7-5-2;1-3(2)4/h6-12,14,19H,4-5,13H2,1-3H3,(H,24,25);8H,4-7H2,1-3H3;1-2H3/t19-,21?;;/m0../s1. The maximum absolute atomic E-state index is 13.2. The van der Waals surface area contributed by atoms with Crippen molar-refractivity contribution in [1.82, 2.24) is 5.32 Å². The summed E-state index contributed by atoms with van der Waals surface area (Å²) in [7, 11) is 0. The van der Waals surface area contributed by atoms with Crippen molar-refractivity contribution in [2.45, 2.75) is 112 Å². The molecule has 37 heavy (non-hydrogen) atoms. The molecule has 0 bridgehead atoms. The SMILES string of the molecule is CC(C)=O.CCCC(C)(C(=O)N[C@@H](CC)c1ccccc1)c1ccc(Cl)c(Cl)c1.CCCC(C)CCC. The zero-order valence-electron chi connectivity index (χ0n) is 24.3. The van der Waals surface area contributed by atoms with Gasteiger partial charge in [0.2, 0.25) is 5.91 Å². The molecule has 0 aromatic heterocycles. The molecule has 0 radical (unpaired) electrons. The molecule has 2 aromatic rings. The fourth-order valence-corrected chi connectivity index (χ4v) is 4.58. The van der Waals surface area contributed by atoms with Gasteiger partial charge in [-0.1, -0.05) is 126 Å². The van der Waals surface area contributed by atoms with E-state index in [1.165, 1.54) is 39.5 Å². The van der Waals surface area contributed by atoms with Gasteiger partial charge in [-0.05, 0) is 62.8 Å². The van der Waals surface area contributed by atoms with Gasteiger partial charge in [0.15, 0.2) is 0 Å². The highest BCUT2D eigenvalue weighted by Gasteiger charge is 2.35. The normalized spacial score (nSPS) is 12.8. The van der Waals surface area contributed by atoms with Crippen molar-refractivity contribution >= 4 is 34.9 Å². The number of nitrogens with one attached hydrogen (secondary N) is 1. The Hall–Kier alpha value is -1.84. The predicted molar refractivity (Wildman–Crippen MR) is 162 cm³/mol. The first kappa shape index (κ1) is 35.2. The number of hydrogen-bond donors (Lipinski definition) is 1. The van der Waals surface area contributed by atoms with Crippen LogP contribution in [0.5, 0.6) is 0 Å². The molecule has 1 unspecified atom stereocenters. The number of hydrogen-bond acceptors (Lipinski definition) is 2. The lowest BCUT2D eigenvalue weighted by Gasteiger charge is -2.31. The average Bonchev–Trinajstić information content (AvgIpc) is 2.85. The smallest absolute Gasteiger partial charge is 0.230 e. The molecule has 1 N–H and O–H groups in total. The van der Waals surface area contributed by atoms with Crippen LogP contribution in [0.3, 0.4) is 0 Å². The molecule has 0 saturated heterocycles. The Morgan fingerprint density at radius 3 is 1.84 bits per heavy atom. The third-order valence-electron chi connectivity index (χ3n) is 6.29. The third kappa shape index (κ3) is 13.5. The Balaban J connectivity index is 0.000000900. The van der Waals surface area contributed by atoms with Gasteiger partial charge in [0.05, 0.1) is 21.5 Å². The minimum absolute atomic E-state index is 0.00680. The Kier molecular flexibility index (Phi) is 18.3. The maximum atomic E-state index is 13.2. The molecule has 0 spiro atoms. The first-order chi connectivity index (χ1) is 17.5. The summed E-state index contributed by atoms with van der Waals surface area (Å²) in [5.41, 5.74) is 1.36. The van der Waals surface area contributed by atoms with E-state index < -0.39 is 5.41 Å². The fourth-order valence-electron chi connectivity index (χ4n) is 4.28. The van der Waals surface area contributed by atoms with Crippen LogP contribution in [0, 0.1) is 5.92 Å². The summed E-state index contributed by atoms with van der Waals surface area (Å²) in [6, 6.07) is 15.5. The van der Waals surface area contributed by atoms with Crippen LogP contribution < -0.4 is 5.32 Å². The lowest BCUT2D eigenvalue weighted by molar-refractivity contribution is -0.127. The molecule has 0 heterocycles. The van der Waals surface area contributed by atoms with E-state index in [0.29, 0.717) is 10.0 Å². The summed E-state index contributed by atoms with van der Waals surface area (Å²) in [4.78, 5) is 22.7. The molecular formula is C32H49Cl2NO2. The molecule has 208 valence electrons. The van der Waals surface area contributed by atoms with Crippen molar-refractivity contribution in [3.05, 3.63) is 69.7 Å². The molecule has 2 rings (SSSR count). The topological polar surface area (TPSA) is 46.2 Å². The number of halogens is 2. The molecule has 1 amide bonds. The van der Waals surface area contributed by atoms with Crippen LogP contribution >= 0.6 is 23.2 Å². The number of ketones is 1. The van der Waals surface area contributed by atoms with Crippen LogP contribution in [0.25, 0.3) is 0 Å². The van der Waals surface area contributed by atoms with Gasteiger partial charge >= 0.3 is 0 Å². The quantitative estimate of drug-likeness (QED) is 0.303. The van der Waals surface area contributed by atoms with Gasteiger partial charge in [-0.15, -0.1) is 0 Å². The monoisotopic (exact) mass is 549 g/mol. The van der Waals surface area contributed by atoms with Crippen molar-refractivity contribution in [3.63, 3.8) is 0 Å². The van der Waals surface area contributed by atoms with Crippen LogP contribution in [-0.2, 0) is 15.0 Å². The van der Waals surface area contributed by atoms with E-state index in [1.54, 1.807) is 6.07 Å². The van der Waals surface area contributed by atoms with E-state index in [4.69, 9.17) is 23.2 Å². The maximum Gasteiger partial charge on any atom is 0.230 e. The number of benzene rings is 2. The van der Waals surface area contributed by atoms with E-state index in [2.05, 4.69) is 39.9 Å². The van der Waals surface area contributed by atoms with Gasteiger partial charge in [0.25, 0.3) is 0 Å². The van der Waals surface area contributed by atoms with E-state index >= 15 is 0 Å². The molecule has 0 saturated carbocycles. The van der Waals surface area contributed by atoms with Crippen molar-refractivity contribution in [1.29, 1.82) is 0 Å². The molecule has 0 fully saturated rings. The average molecular weight is 551 g/mol. The second-order valence-corrected chi connectivity index (χ2v) is 11.0. The molecular weight excluding hydrogens is 501 g/mol. The van der Waals surface area contributed by atoms with E-state index in [1.807, 2.05) is 49.4 Å². The number of carbonyl (C=O) groups is 2. The van der Waals surface area contributed by atoms with Gasteiger partial charge in [-0.2, -0.15) is 0 Å². The highest BCUT2D eigenvalue weighted by molar-refractivity contribution is 6.42. The van der Waals surface area contributed by atoms with Crippen LogP contribution in [0.15, 0.2) is 48.5 Å². The van der Waals surface area contributed by atoms with Gasteiger partial charge in [-0.25, -0.2) is 0 Å². The summed E-state index contributed by atoms with van der Waals surface area (Å²) >= 11 is 12.2. The predicted octanol–water partition coefficient (Wildman–Crippen LogP) is 10.1. The molecule has 0 aliphatic heterocycles. The Morgan fingerprint density at radius 2 is 1.41 bits per heavy atom. The molecule has 5 heteroatoms. The Labute approximate surface area is 236 Å². The minimum atomic E-state index is -0.648. The molecule has 0 aliphatic carbocycles. The third-order valence-corrected chi connectivity index (χ3v) is 7.03.